The van der Waals surface area contributed by atoms with E-state index in [-0.39, 0.29) is 6.10 Å². The minimum Gasteiger partial charge on any atom is -0.485 e. The van der Waals surface area contributed by atoms with Crippen molar-refractivity contribution in [1.29, 1.82) is 0 Å². The van der Waals surface area contributed by atoms with E-state index in [1.165, 1.54) is 0 Å². The second-order valence-corrected chi connectivity index (χ2v) is 5.78. The van der Waals surface area contributed by atoms with E-state index in [4.69, 9.17) is 16.3 Å². The number of rotatable bonds is 2. The van der Waals surface area contributed by atoms with Crippen molar-refractivity contribution >= 4 is 27.5 Å². The van der Waals surface area contributed by atoms with Gasteiger partial charge in [-0.3, -0.25) is 0 Å². The number of hydrogen-bond acceptors (Lipinski definition) is 3. The summed E-state index contributed by atoms with van der Waals surface area (Å²) >= 11 is 9.27. The number of aliphatic hydroxyl groups is 1. The highest BCUT2D eigenvalue weighted by Crippen LogP contribution is 2.31. The monoisotopic (exact) mass is 319 g/mol. The summed E-state index contributed by atoms with van der Waals surface area (Å²) in [6.45, 7) is 3.26. The average molecular weight is 321 g/mol. The third kappa shape index (κ3) is 3.13. The second-order valence-electron chi connectivity index (χ2n) is 4.49. The van der Waals surface area contributed by atoms with Crippen molar-refractivity contribution in [1.82, 2.24) is 5.32 Å². The zero-order valence-electron chi connectivity index (χ0n) is 9.54. The summed E-state index contributed by atoms with van der Waals surface area (Å²) in [5.41, 5.74) is -0.801. The van der Waals surface area contributed by atoms with E-state index < -0.39 is 5.60 Å². The third-order valence-corrected chi connectivity index (χ3v) is 3.85. The maximum atomic E-state index is 10.2. The number of benzene rings is 1. The summed E-state index contributed by atoms with van der Waals surface area (Å²) in [6.07, 6.45) is 0.428. The van der Waals surface area contributed by atoms with Crippen LogP contribution < -0.4 is 10.1 Å². The van der Waals surface area contributed by atoms with Gasteiger partial charge in [-0.2, -0.15) is 0 Å². The van der Waals surface area contributed by atoms with Crippen LogP contribution in [0.15, 0.2) is 22.7 Å². The number of ether oxygens (including phenoxy) is 1. The van der Waals surface area contributed by atoms with Gasteiger partial charge in [-0.15, -0.1) is 0 Å². The smallest absolute Gasteiger partial charge is 0.139 e. The summed E-state index contributed by atoms with van der Waals surface area (Å²) in [5, 5.41) is 14.1. The normalized spacial score (nSPS) is 29.1. The molecule has 1 fully saturated rings. The molecule has 5 heteroatoms. The first-order valence-corrected chi connectivity index (χ1v) is 6.71. The molecule has 0 spiro atoms. The fraction of sp³-hybridized carbons (Fsp3) is 0.500. The Morgan fingerprint density at radius 1 is 1.59 bits per heavy atom. The molecule has 1 heterocycles. The van der Waals surface area contributed by atoms with Crippen LogP contribution in [-0.2, 0) is 0 Å². The van der Waals surface area contributed by atoms with Gasteiger partial charge in [-0.05, 0) is 54.0 Å². The van der Waals surface area contributed by atoms with Crippen molar-refractivity contribution in [3.8, 4) is 5.75 Å². The molecule has 2 N–H and O–H groups in total. The molecule has 2 atom stereocenters. The molecular weight excluding hydrogens is 305 g/mol. The Labute approximate surface area is 114 Å². The molecule has 17 heavy (non-hydrogen) atoms. The van der Waals surface area contributed by atoms with Gasteiger partial charge in [0.1, 0.15) is 17.5 Å². The van der Waals surface area contributed by atoms with Gasteiger partial charge in [0.05, 0.1) is 4.47 Å². The largest absolute Gasteiger partial charge is 0.485 e. The standard InChI is InChI=1S/C12H15BrClNO2/c1-12(16)4-5-15-7-11(12)17-10-3-2-8(14)6-9(10)13/h2-3,6,11,15-16H,4-5,7H2,1H3. The van der Waals surface area contributed by atoms with Crippen LogP contribution in [0, 0.1) is 0 Å². The van der Waals surface area contributed by atoms with E-state index in [1.54, 1.807) is 18.2 Å². The molecule has 0 amide bonds. The fourth-order valence-corrected chi connectivity index (χ4v) is 2.62. The van der Waals surface area contributed by atoms with Crippen LogP contribution in [0.2, 0.25) is 5.02 Å². The zero-order valence-corrected chi connectivity index (χ0v) is 11.9. The quantitative estimate of drug-likeness (QED) is 0.880. The number of piperidine rings is 1. The van der Waals surface area contributed by atoms with Gasteiger partial charge in [0.2, 0.25) is 0 Å². The van der Waals surface area contributed by atoms with E-state index in [2.05, 4.69) is 21.2 Å². The Morgan fingerprint density at radius 3 is 3.00 bits per heavy atom. The Morgan fingerprint density at radius 2 is 2.35 bits per heavy atom. The summed E-state index contributed by atoms with van der Waals surface area (Å²) in [6, 6.07) is 5.35. The lowest BCUT2D eigenvalue weighted by Gasteiger charge is -2.37. The van der Waals surface area contributed by atoms with Crippen molar-refractivity contribution in [3.05, 3.63) is 27.7 Å². The molecule has 0 aromatic heterocycles. The van der Waals surface area contributed by atoms with Crippen molar-refractivity contribution < 1.29 is 9.84 Å². The SMILES string of the molecule is CC1(O)CCNCC1Oc1ccc(Cl)cc1Br. The Kier molecular flexibility index (Phi) is 3.98. The highest BCUT2D eigenvalue weighted by Gasteiger charge is 2.36. The van der Waals surface area contributed by atoms with Crippen molar-refractivity contribution in [2.75, 3.05) is 13.1 Å². The molecule has 94 valence electrons. The lowest BCUT2D eigenvalue weighted by molar-refractivity contribution is -0.0660. The van der Waals surface area contributed by atoms with E-state index in [1.807, 2.05) is 6.92 Å². The van der Waals surface area contributed by atoms with E-state index in [0.717, 1.165) is 11.0 Å². The van der Waals surface area contributed by atoms with Crippen LogP contribution in [0.1, 0.15) is 13.3 Å². The lowest BCUT2D eigenvalue weighted by Crippen LogP contribution is -2.55. The maximum Gasteiger partial charge on any atom is 0.139 e. The van der Waals surface area contributed by atoms with Gasteiger partial charge >= 0.3 is 0 Å². The molecule has 1 aromatic rings. The van der Waals surface area contributed by atoms with Crippen molar-refractivity contribution in [2.45, 2.75) is 25.0 Å². The van der Waals surface area contributed by atoms with E-state index >= 15 is 0 Å². The van der Waals surface area contributed by atoms with E-state index in [0.29, 0.717) is 23.7 Å². The molecule has 0 aliphatic carbocycles. The fourth-order valence-electron chi connectivity index (χ4n) is 1.85. The Balaban J connectivity index is 2.14. The Bertz CT molecular complexity index is 411. The van der Waals surface area contributed by atoms with Crippen molar-refractivity contribution in [2.24, 2.45) is 0 Å². The van der Waals surface area contributed by atoms with Gasteiger partial charge < -0.3 is 15.2 Å². The average Bonchev–Trinajstić information content (AvgIpc) is 2.24. The number of hydrogen-bond donors (Lipinski definition) is 2. The van der Waals surface area contributed by atoms with Gasteiger partial charge in [0.25, 0.3) is 0 Å². The summed E-state index contributed by atoms with van der Waals surface area (Å²) < 4.78 is 6.64. The number of nitrogens with one attached hydrogen (secondary N) is 1. The van der Waals surface area contributed by atoms with Gasteiger partial charge in [0.15, 0.2) is 0 Å². The number of halogens is 2. The minimum absolute atomic E-state index is 0.256. The summed E-state index contributed by atoms with van der Waals surface area (Å²) in [7, 11) is 0. The molecule has 1 aliphatic rings. The van der Waals surface area contributed by atoms with Crippen LogP contribution >= 0.6 is 27.5 Å². The molecule has 1 aliphatic heterocycles. The first-order valence-electron chi connectivity index (χ1n) is 5.54. The summed E-state index contributed by atoms with van der Waals surface area (Å²) in [4.78, 5) is 0. The molecule has 2 rings (SSSR count). The lowest BCUT2D eigenvalue weighted by atomic mass is 9.92. The highest BCUT2D eigenvalue weighted by molar-refractivity contribution is 9.10. The predicted molar refractivity (Wildman–Crippen MR) is 71.7 cm³/mol. The molecule has 0 radical (unpaired) electrons. The Hall–Kier alpha value is -0.290. The highest BCUT2D eigenvalue weighted by atomic mass is 79.9. The van der Waals surface area contributed by atoms with Crippen LogP contribution in [0.25, 0.3) is 0 Å². The summed E-state index contributed by atoms with van der Waals surface area (Å²) in [5.74, 6) is 0.698. The van der Waals surface area contributed by atoms with Crippen molar-refractivity contribution in [3.63, 3.8) is 0 Å². The van der Waals surface area contributed by atoms with Gasteiger partial charge in [-0.1, -0.05) is 11.6 Å². The third-order valence-electron chi connectivity index (χ3n) is 2.99. The topological polar surface area (TPSA) is 41.5 Å². The first kappa shape index (κ1) is 13.1. The predicted octanol–water partition coefficient (Wildman–Crippen LogP) is 2.59. The molecule has 0 saturated carbocycles. The molecule has 3 nitrogen and oxygen atoms in total. The minimum atomic E-state index is -0.801. The van der Waals surface area contributed by atoms with Crippen LogP contribution in [0.4, 0.5) is 0 Å². The van der Waals surface area contributed by atoms with Crippen LogP contribution in [0.5, 0.6) is 5.75 Å². The zero-order chi connectivity index (χ0) is 12.5. The van der Waals surface area contributed by atoms with Gasteiger partial charge in [0, 0.05) is 11.6 Å². The van der Waals surface area contributed by atoms with Gasteiger partial charge in [-0.25, -0.2) is 0 Å². The molecule has 0 bridgehead atoms. The molecule has 1 aromatic carbocycles. The molecule has 1 saturated heterocycles. The molecular formula is C12H15BrClNO2. The van der Waals surface area contributed by atoms with Crippen LogP contribution in [0.3, 0.4) is 0 Å². The van der Waals surface area contributed by atoms with Crippen LogP contribution in [-0.4, -0.2) is 29.9 Å². The first-order chi connectivity index (χ1) is 7.99. The second kappa shape index (κ2) is 5.14. The van der Waals surface area contributed by atoms with E-state index in [9.17, 15) is 5.11 Å². The maximum absolute atomic E-state index is 10.2. The molecule has 2 unspecified atom stereocenters.